The molecule has 3 aromatic rings. The minimum atomic E-state index is -0.641. The van der Waals surface area contributed by atoms with Crippen LogP contribution in [0.4, 0.5) is 10.1 Å². The van der Waals surface area contributed by atoms with Crippen LogP contribution >= 0.6 is 15.9 Å². The van der Waals surface area contributed by atoms with Gasteiger partial charge in [-0.15, -0.1) is 0 Å². The van der Waals surface area contributed by atoms with E-state index in [0.29, 0.717) is 9.86 Å². The quantitative estimate of drug-likeness (QED) is 0.743. The molecule has 0 bridgehead atoms. The summed E-state index contributed by atoms with van der Waals surface area (Å²) >= 11 is 3.15. The van der Waals surface area contributed by atoms with Crippen molar-refractivity contribution in [3.05, 3.63) is 74.7 Å². The monoisotopic (exact) mass is 374 g/mol. The third-order valence-electron chi connectivity index (χ3n) is 3.52. The Labute approximate surface area is 139 Å². The zero-order valence-electron chi connectivity index (χ0n) is 12.1. The van der Waals surface area contributed by atoms with E-state index in [0.717, 1.165) is 5.52 Å². The number of hydrogen-bond acceptors (Lipinski definition) is 2. The van der Waals surface area contributed by atoms with Gasteiger partial charge in [-0.1, -0.05) is 28.1 Å². The van der Waals surface area contributed by atoms with Gasteiger partial charge in [-0.25, -0.2) is 4.39 Å². The molecule has 116 valence electrons. The first kappa shape index (κ1) is 15.4. The lowest BCUT2D eigenvalue weighted by atomic mass is 10.1. The van der Waals surface area contributed by atoms with Gasteiger partial charge in [0.25, 0.3) is 5.91 Å². The van der Waals surface area contributed by atoms with E-state index in [-0.39, 0.29) is 16.7 Å². The van der Waals surface area contributed by atoms with E-state index in [1.54, 1.807) is 35.9 Å². The van der Waals surface area contributed by atoms with Crippen molar-refractivity contribution < 1.29 is 9.18 Å². The predicted molar refractivity (Wildman–Crippen MR) is 91.2 cm³/mol. The van der Waals surface area contributed by atoms with Crippen LogP contribution in [-0.2, 0) is 7.05 Å². The lowest BCUT2D eigenvalue weighted by Crippen LogP contribution is -2.23. The molecule has 0 aliphatic carbocycles. The number of carbonyl (C=O) groups excluding carboxylic acids is 1. The number of hydrogen-bond donors (Lipinski definition) is 1. The van der Waals surface area contributed by atoms with Gasteiger partial charge in [0.2, 0.25) is 5.43 Å². The lowest BCUT2D eigenvalue weighted by molar-refractivity contribution is 0.102. The Balaban J connectivity index is 2.04. The summed E-state index contributed by atoms with van der Waals surface area (Å²) in [4.78, 5) is 24.8. The van der Waals surface area contributed by atoms with Gasteiger partial charge in [0.1, 0.15) is 11.4 Å². The number of rotatable bonds is 2. The minimum absolute atomic E-state index is 0.0217. The summed E-state index contributed by atoms with van der Waals surface area (Å²) in [5.74, 6) is -1.22. The molecule has 0 aliphatic heterocycles. The normalized spacial score (nSPS) is 10.7. The van der Waals surface area contributed by atoms with E-state index in [4.69, 9.17) is 0 Å². The number of pyridine rings is 1. The average Bonchev–Trinajstić information content (AvgIpc) is 2.53. The highest BCUT2D eigenvalue weighted by atomic mass is 79.9. The van der Waals surface area contributed by atoms with Crippen LogP contribution in [0.5, 0.6) is 0 Å². The predicted octanol–water partition coefficient (Wildman–Crippen LogP) is 3.69. The topological polar surface area (TPSA) is 51.1 Å². The zero-order valence-corrected chi connectivity index (χ0v) is 13.7. The van der Waals surface area contributed by atoms with Gasteiger partial charge in [0.15, 0.2) is 0 Å². The molecule has 0 saturated carbocycles. The van der Waals surface area contributed by atoms with E-state index in [2.05, 4.69) is 21.2 Å². The fraction of sp³-hybridized carbons (Fsp3) is 0.0588. The Kier molecular flexibility index (Phi) is 4.00. The second-order valence-electron chi connectivity index (χ2n) is 5.08. The number of carbonyl (C=O) groups is 1. The third-order valence-corrected chi connectivity index (χ3v) is 4.01. The molecule has 1 N–H and O–H groups in total. The summed E-state index contributed by atoms with van der Waals surface area (Å²) in [7, 11) is 1.75. The minimum Gasteiger partial charge on any atom is -0.350 e. The van der Waals surface area contributed by atoms with Crippen molar-refractivity contribution >= 4 is 38.4 Å². The second kappa shape index (κ2) is 5.96. The van der Waals surface area contributed by atoms with Gasteiger partial charge in [0.05, 0.1) is 11.2 Å². The molecule has 1 heterocycles. The molecule has 0 fully saturated rings. The van der Waals surface area contributed by atoms with E-state index in [1.165, 1.54) is 18.3 Å². The van der Waals surface area contributed by atoms with Crippen molar-refractivity contribution in [1.82, 2.24) is 4.57 Å². The van der Waals surface area contributed by atoms with E-state index in [9.17, 15) is 14.0 Å². The van der Waals surface area contributed by atoms with Crippen LogP contribution in [0.1, 0.15) is 10.4 Å². The number of nitrogens with zero attached hydrogens (tertiary/aromatic N) is 1. The summed E-state index contributed by atoms with van der Waals surface area (Å²) < 4.78 is 16.1. The first-order chi connectivity index (χ1) is 11.0. The van der Waals surface area contributed by atoms with Crippen LogP contribution in [0.25, 0.3) is 10.9 Å². The van der Waals surface area contributed by atoms with Gasteiger partial charge in [-0.05, 0) is 30.3 Å². The Morgan fingerprint density at radius 2 is 1.96 bits per heavy atom. The number of halogens is 2. The molecular weight excluding hydrogens is 363 g/mol. The number of amides is 1. The molecule has 1 amide bonds. The number of anilines is 1. The Hall–Kier alpha value is -2.47. The maximum absolute atomic E-state index is 13.8. The molecular formula is C17H12BrFN2O2. The standard InChI is InChI=1S/C17H12BrFN2O2/c1-21-9-12(16(22)11-4-2-3-5-15(11)21)17(23)20-14-7-6-10(18)8-13(14)19/h2-9H,1H3,(H,20,23). The fourth-order valence-electron chi connectivity index (χ4n) is 2.38. The van der Waals surface area contributed by atoms with Crippen molar-refractivity contribution in [3.8, 4) is 0 Å². The van der Waals surface area contributed by atoms with Crippen molar-refractivity contribution in [2.75, 3.05) is 5.32 Å². The van der Waals surface area contributed by atoms with Crippen molar-refractivity contribution in [2.24, 2.45) is 7.05 Å². The van der Waals surface area contributed by atoms with Gasteiger partial charge in [0, 0.05) is 23.1 Å². The maximum Gasteiger partial charge on any atom is 0.261 e. The number of fused-ring (bicyclic) bond motifs is 1. The third kappa shape index (κ3) is 2.90. The highest BCUT2D eigenvalue weighted by molar-refractivity contribution is 9.10. The van der Waals surface area contributed by atoms with Crippen LogP contribution in [0.15, 0.2) is 57.9 Å². The maximum atomic E-state index is 13.8. The molecule has 0 saturated heterocycles. The zero-order chi connectivity index (χ0) is 16.6. The highest BCUT2D eigenvalue weighted by Gasteiger charge is 2.16. The summed E-state index contributed by atoms with van der Waals surface area (Å²) in [5, 5.41) is 2.88. The molecule has 0 unspecified atom stereocenters. The number of para-hydroxylation sites is 1. The first-order valence-electron chi connectivity index (χ1n) is 6.82. The fourth-order valence-corrected chi connectivity index (χ4v) is 2.72. The van der Waals surface area contributed by atoms with Crippen LogP contribution in [0, 0.1) is 5.82 Å². The lowest BCUT2D eigenvalue weighted by Gasteiger charge is -2.10. The summed E-state index contributed by atoms with van der Waals surface area (Å²) in [5.41, 5.74) is 0.333. The number of aryl methyl sites for hydroxylation is 1. The van der Waals surface area contributed by atoms with Crippen molar-refractivity contribution in [1.29, 1.82) is 0 Å². The number of benzene rings is 2. The molecule has 23 heavy (non-hydrogen) atoms. The molecule has 0 aliphatic rings. The van der Waals surface area contributed by atoms with E-state index in [1.807, 2.05) is 6.07 Å². The molecule has 2 aromatic carbocycles. The molecule has 0 radical (unpaired) electrons. The molecule has 3 rings (SSSR count). The molecule has 4 nitrogen and oxygen atoms in total. The summed E-state index contributed by atoms with van der Waals surface area (Å²) in [6, 6.07) is 11.3. The van der Waals surface area contributed by atoms with Gasteiger partial charge >= 0.3 is 0 Å². The summed E-state index contributed by atoms with van der Waals surface area (Å²) in [6.45, 7) is 0. The van der Waals surface area contributed by atoms with E-state index >= 15 is 0 Å². The summed E-state index contributed by atoms with van der Waals surface area (Å²) in [6.07, 6.45) is 1.46. The van der Waals surface area contributed by atoms with Crippen LogP contribution in [0.3, 0.4) is 0 Å². The average molecular weight is 375 g/mol. The number of nitrogens with one attached hydrogen (secondary N) is 1. The van der Waals surface area contributed by atoms with Gasteiger partial charge in [-0.2, -0.15) is 0 Å². The largest absolute Gasteiger partial charge is 0.350 e. The second-order valence-corrected chi connectivity index (χ2v) is 5.99. The SMILES string of the molecule is Cn1cc(C(=O)Nc2ccc(Br)cc2F)c(=O)c2ccccc21. The Morgan fingerprint density at radius 1 is 1.22 bits per heavy atom. The first-order valence-corrected chi connectivity index (χ1v) is 7.61. The number of aromatic nitrogens is 1. The van der Waals surface area contributed by atoms with Crippen molar-refractivity contribution in [3.63, 3.8) is 0 Å². The Bertz CT molecular complexity index is 982. The van der Waals surface area contributed by atoms with Crippen LogP contribution in [0.2, 0.25) is 0 Å². The smallest absolute Gasteiger partial charge is 0.261 e. The van der Waals surface area contributed by atoms with Crippen molar-refractivity contribution in [2.45, 2.75) is 0 Å². The van der Waals surface area contributed by atoms with Crippen LogP contribution < -0.4 is 10.7 Å². The molecule has 6 heteroatoms. The van der Waals surface area contributed by atoms with E-state index < -0.39 is 11.7 Å². The van der Waals surface area contributed by atoms with Crippen LogP contribution in [-0.4, -0.2) is 10.5 Å². The van der Waals surface area contributed by atoms with Gasteiger partial charge < -0.3 is 9.88 Å². The Morgan fingerprint density at radius 3 is 2.70 bits per heavy atom. The molecule has 0 atom stereocenters. The molecule has 1 aromatic heterocycles. The molecule has 0 spiro atoms. The van der Waals surface area contributed by atoms with Gasteiger partial charge in [-0.3, -0.25) is 9.59 Å². The highest BCUT2D eigenvalue weighted by Crippen LogP contribution is 2.20.